The van der Waals surface area contributed by atoms with Crippen molar-refractivity contribution >= 4 is 22.7 Å². The molecule has 2 amide bonds. The van der Waals surface area contributed by atoms with E-state index in [-0.39, 0.29) is 17.9 Å². The molecule has 5 rings (SSSR count). The first kappa shape index (κ1) is 19.3. The van der Waals surface area contributed by atoms with Gasteiger partial charge < -0.3 is 24.7 Å². The summed E-state index contributed by atoms with van der Waals surface area (Å²) in [6.45, 7) is 2.26. The standard InChI is InChI=1S/C23H27N3O4/c1-29-12-4-10-24-21(27)19-18-7-9-23(30-18)14-26(22(28)20(19)23)11-8-15-13-25-17-6-3-2-5-16(15)17/h2-3,5-7,9,13,18-20,25H,4,8,10-12,14H2,1H3,(H,24,27)/t18-,19-,20+,23-/m1/s1. The number of aromatic amines is 1. The summed E-state index contributed by atoms with van der Waals surface area (Å²) in [6, 6.07) is 8.18. The van der Waals surface area contributed by atoms with Crippen LogP contribution in [0.4, 0.5) is 0 Å². The molecule has 0 saturated carbocycles. The van der Waals surface area contributed by atoms with Gasteiger partial charge in [0.1, 0.15) is 5.60 Å². The highest BCUT2D eigenvalue weighted by Crippen LogP contribution is 2.51. The Morgan fingerprint density at radius 3 is 3.13 bits per heavy atom. The summed E-state index contributed by atoms with van der Waals surface area (Å²) in [4.78, 5) is 31.3. The summed E-state index contributed by atoms with van der Waals surface area (Å²) in [5.41, 5.74) is 1.64. The van der Waals surface area contributed by atoms with E-state index in [2.05, 4.69) is 22.4 Å². The predicted octanol–water partition coefficient (Wildman–Crippen LogP) is 1.65. The lowest BCUT2D eigenvalue weighted by molar-refractivity contribution is -0.137. The number of likely N-dealkylation sites (tertiary alicyclic amines) is 1. The average molecular weight is 409 g/mol. The van der Waals surface area contributed by atoms with Gasteiger partial charge in [0.05, 0.1) is 24.5 Å². The van der Waals surface area contributed by atoms with Gasteiger partial charge in [-0.05, 0) is 24.5 Å². The third-order valence-corrected chi connectivity index (χ3v) is 6.63. The molecule has 0 aliphatic carbocycles. The molecule has 3 aliphatic heterocycles. The van der Waals surface area contributed by atoms with Gasteiger partial charge >= 0.3 is 0 Å². The molecule has 4 heterocycles. The molecule has 2 aromatic rings. The molecule has 7 heteroatoms. The van der Waals surface area contributed by atoms with Gasteiger partial charge in [-0.25, -0.2) is 0 Å². The van der Waals surface area contributed by atoms with Crippen LogP contribution in [0.15, 0.2) is 42.6 Å². The summed E-state index contributed by atoms with van der Waals surface area (Å²) in [5, 5.41) is 4.14. The van der Waals surface area contributed by atoms with Crippen molar-refractivity contribution in [3.63, 3.8) is 0 Å². The van der Waals surface area contributed by atoms with E-state index in [0.717, 1.165) is 18.4 Å². The molecule has 2 N–H and O–H groups in total. The van der Waals surface area contributed by atoms with Gasteiger partial charge in [-0.1, -0.05) is 30.4 Å². The van der Waals surface area contributed by atoms with E-state index >= 15 is 0 Å². The van der Waals surface area contributed by atoms with E-state index in [4.69, 9.17) is 9.47 Å². The van der Waals surface area contributed by atoms with Crippen LogP contribution >= 0.6 is 0 Å². The molecule has 2 fully saturated rings. The number of H-pyrrole nitrogens is 1. The first-order chi connectivity index (χ1) is 14.6. The molecule has 2 bridgehead atoms. The Labute approximate surface area is 175 Å². The second-order valence-electron chi connectivity index (χ2n) is 8.41. The van der Waals surface area contributed by atoms with Gasteiger partial charge in [-0.15, -0.1) is 0 Å². The second-order valence-corrected chi connectivity index (χ2v) is 8.41. The van der Waals surface area contributed by atoms with Crippen molar-refractivity contribution in [2.24, 2.45) is 11.8 Å². The minimum absolute atomic E-state index is 0.0266. The number of ether oxygens (including phenoxy) is 2. The fraction of sp³-hybridized carbons (Fsp3) is 0.478. The highest BCUT2D eigenvalue weighted by atomic mass is 16.5. The number of rotatable bonds is 8. The second kappa shape index (κ2) is 7.56. The lowest BCUT2D eigenvalue weighted by Gasteiger charge is -2.23. The number of para-hydroxylation sites is 1. The molecule has 2 saturated heterocycles. The van der Waals surface area contributed by atoms with Gasteiger partial charge in [0.25, 0.3) is 0 Å². The molecule has 1 aromatic carbocycles. The van der Waals surface area contributed by atoms with Gasteiger partial charge in [-0.2, -0.15) is 0 Å². The Morgan fingerprint density at radius 1 is 1.40 bits per heavy atom. The van der Waals surface area contributed by atoms with Crippen molar-refractivity contribution < 1.29 is 19.1 Å². The van der Waals surface area contributed by atoms with Crippen molar-refractivity contribution in [2.45, 2.75) is 24.5 Å². The number of aromatic nitrogens is 1. The summed E-state index contributed by atoms with van der Waals surface area (Å²) in [7, 11) is 1.64. The maximum absolute atomic E-state index is 13.3. The molecule has 1 aromatic heterocycles. The molecule has 158 valence electrons. The first-order valence-electron chi connectivity index (χ1n) is 10.6. The monoisotopic (exact) mass is 409 g/mol. The Kier molecular flexibility index (Phi) is 4.87. The number of amides is 2. The smallest absolute Gasteiger partial charge is 0.230 e. The topological polar surface area (TPSA) is 83.7 Å². The Hall–Kier alpha value is -2.64. The summed E-state index contributed by atoms with van der Waals surface area (Å²) in [5.74, 6) is -0.959. The zero-order valence-electron chi connectivity index (χ0n) is 17.1. The van der Waals surface area contributed by atoms with E-state index in [0.29, 0.717) is 26.2 Å². The number of benzene rings is 1. The number of nitrogens with zero attached hydrogens (tertiary/aromatic N) is 1. The third-order valence-electron chi connectivity index (χ3n) is 6.63. The van der Waals surface area contributed by atoms with Crippen LogP contribution in [0, 0.1) is 11.8 Å². The first-order valence-corrected chi connectivity index (χ1v) is 10.6. The number of hydrogen-bond acceptors (Lipinski definition) is 4. The fourth-order valence-electron chi connectivity index (χ4n) is 5.21. The quantitative estimate of drug-likeness (QED) is 0.513. The molecule has 0 unspecified atom stereocenters. The lowest BCUT2D eigenvalue weighted by Crippen LogP contribution is -2.44. The number of nitrogens with one attached hydrogen (secondary N) is 2. The minimum atomic E-state index is -0.656. The van der Waals surface area contributed by atoms with E-state index < -0.39 is 17.4 Å². The summed E-state index contributed by atoms with van der Waals surface area (Å²) >= 11 is 0. The summed E-state index contributed by atoms with van der Waals surface area (Å²) in [6.07, 6.45) is 7.17. The molecule has 1 spiro atoms. The lowest BCUT2D eigenvalue weighted by atomic mass is 9.77. The molecular formula is C23H27N3O4. The molecule has 4 atom stereocenters. The van der Waals surface area contributed by atoms with E-state index in [1.165, 1.54) is 10.9 Å². The van der Waals surface area contributed by atoms with Crippen LogP contribution < -0.4 is 5.32 Å². The van der Waals surface area contributed by atoms with Crippen LogP contribution in [0.5, 0.6) is 0 Å². The van der Waals surface area contributed by atoms with Crippen molar-refractivity contribution in [3.05, 3.63) is 48.2 Å². The highest BCUT2D eigenvalue weighted by molar-refractivity contribution is 5.93. The number of hydrogen-bond donors (Lipinski definition) is 2. The maximum Gasteiger partial charge on any atom is 0.230 e. The normalized spacial score (nSPS) is 29.2. The fourth-order valence-corrected chi connectivity index (χ4v) is 5.21. The number of carbonyl (C=O) groups is 2. The zero-order chi connectivity index (χ0) is 20.7. The maximum atomic E-state index is 13.3. The van der Waals surface area contributed by atoms with Gasteiger partial charge in [0.2, 0.25) is 11.8 Å². The molecule has 0 radical (unpaired) electrons. The Balaban J connectivity index is 1.27. The largest absolute Gasteiger partial charge is 0.385 e. The van der Waals surface area contributed by atoms with Crippen LogP contribution in [-0.2, 0) is 25.5 Å². The summed E-state index contributed by atoms with van der Waals surface area (Å²) < 4.78 is 11.2. The molecule has 7 nitrogen and oxygen atoms in total. The van der Waals surface area contributed by atoms with Gasteiger partial charge in [0, 0.05) is 43.9 Å². The van der Waals surface area contributed by atoms with Crippen molar-refractivity contribution in [1.29, 1.82) is 0 Å². The van der Waals surface area contributed by atoms with Crippen LogP contribution in [0.1, 0.15) is 12.0 Å². The van der Waals surface area contributed by atoms with E-state index in [1.807, 2.05) is 35.4 Å². The van der Waals surface area contributed by atoms with E-state index in [1.54, 1.807) is 7.11 Å². The van der Waals surface area contributed by atoms with Crippen LogP contribution in [-0.4, -0.2) is 66.8 Å². The van der Waals surface area contributed by atoms with Crippen LogP contribution in [0.3, 0.4) is 0 Å². The SMILES string of the molecule is COCCCNC(=O)[C@H]1[C@H]2C(=O)N(CCc3c[nH]c4ccccc34)C[C@]23C=C[C@H]1O3. The average Bonchev–Trinajstić information content (AvgIpc) is 3.49. The van der Waals surface area contributed by atoms with Crippen LogP contribution in [0.2, 0.25) is 0 Å². The number of fused-ring (bicyclic) bond motifs is 2. The molecular weight excluding hydrogens is 382 g/mol. The molecule has 3 aliphatic rings. The van der Waals surface area contributed by atoms with E-state index in [9.17, 15) is 9.59 Å². The number of carbonyl (C=O) groups excluding carboxylic acids is 2. The van der Waals surface area contributed by atoms with Crippen LogP contribution in [0.25, 0.3) is 10.9 Å². The Morgan fingerprint density at radius 2 is 2.27 bits per heavy atom. The van der Waals surface area contributed by atoms with Crippen molar-refractivity contribution in [1.82, 2.24) is 15.2 Å². The predicted molar refractivity (Wildman–Crippen MR) is 112 cm³/mol. The molecule has 30 heavy (non-hydrogen) atoms. The van der Waals surface area contributed by atoms with Gasteiger partial charge in [0.15, 0.2) is 0 Å². The Bertz CT molecular complexity index is 999. The third kappa shape index (κ3) is 3.04. The van der Waals surface area contributed by atoms with Crippen molar-refractivity contribution in [2.75, 3.05) is 33.4 Å². The minimum Gasteiger partial charge on any atom is -0.385 e. The zero-order valence-corrected chi connectivity index (χ0v) is 17.1. The number of methoxy groups -OCH3 is 1. The van der Waals surface area contributed by atoms with Crippen molar-refractivity contribution in [3.8, 4) is 0 Å². The van der Waals surface area contributed by atoms with Gasteiger partial charge in [-0.3, -0.25) is 9.59 Å². The highest BCUT2D eigenvalue weighted by Gasteiger charge is 2.66.